The van der Waals surface area contributed by atoms with Crippen molar-refractivity contribution in [3.05, 3.63) is 60.4 Å². The van der Waals surface area contributed by atoms with Crippen LogP contribution < -0.4 is 5.73 Å². The molecule has 0 saturated carbocycles. The van der Waals surface area contributed by atoms with E-state index < -0.39 is 0 Å². The van der Waals surface area contributed by atoms with E-state index in [-0.39, 0.29) is 0 Å². The Morgan fingerprint density at radius 3 is 2.40 bits per heavy atom. The van der Waals surface area contributed by atoms with E-state index in [4.69, 9.17) is 5.73 Å². The Morgan fingerprint density at radius 1 is 1.05 bits per heavy atom. The molecule has 0 aliphatic carbocycles. The summed E-state index contributed by atoms with van der Waals surface area (Å²) in [6.07, 6.45) is 3.32. The molecule has 0 saturated heterocycles. The first-order chi connectivity index (χ1) is 9.81. The first-order valence-electron chi connectivity index (χ1n) is 6.05. The van der Waals surface area contributed by atoms with Crippen molar-refractivity contribution < 1.29 is 0 Å². The third-order valence-corrected chi connectivity index (χ3v) is 2.99. The van der Waals surface area contributed by atoms with Crippen LogP contribution in [-0.4, -0.2) is 14.8 Å². The van der Waals surface area contributed by atoms with Crippen molar-refractivity contribution in [2.24, 2.45) is 0 Å². The number of anilines is 1. The van der Waals surface area contributed by atoms with E-state index in [1.165, 1.54) is 0 Å². The van der Waals surface area contributed by atoms with Crippen molar-refractivity contribution in [2.45, 2.75) is 0 Å². The molecule has 0 fully saturated rings. The van der Waals surface area contributed by atoms with Gasteiger partial charge in [-0.15, -0.1) is 0 Å². The first kappa shape index (κ1) is 11.9. The summed E-state index contributed by atoms with van der Waals surface area (Å²) < 4.78 is 1.58. The van der Waals surface area contributed by atoms with Gasteiger partial charge in [-0.05, 0) is 24.3 Å². The van der Waals surface area contributed by atoms with Crippen LogP contribution in [0.1, 0.15) is 5.56 Å². The van der Waals surface area contributed by atoms with Gasteiger partial charge in [0.25, 0.3) is 0 Å². The zero-order valence-electron chi connectivity index (χ0n) is 10.6. The molecule has 0 unspecified atom stereocenters. The lowest BCUT2D eigenvalue weighted by Crippen LogP contribution is -2.01. The number of nitrogens with two attached hydrogens (primary N) is 1. The highest BCUT2D eigenvalue weighted by Crippen LogP contribution is 2.27. The third kappa shape index (κ3) is 1.89. The number of nitrogen functional groups attached to an aromatic ring is 1. The normalized spacial score (nSPS) is 10.2. The van der Waals surface area contributed by atoms with Gasteiger partial charge in [-0.25, -0.2) is 4.68 Å². The summed E-state index contributed by atoms with van der Waals surface area (Å²) >= 11 is 0. The van der Waals surface area contributed by atoms with Crippen LogP contribution in [0.4, 0.5) is 5.82 Å². The molecule has 3 rings (SSSR count). The van der Waals surface area contributed by atoms with Crippen LogP contribution in [0, 0.1) is 11.3 Å². The minimum Gasteiger partial charge on any atom is -0.382 e. The topological polar surface area (TPSA) is 80.5 Å². The van der Waals surface area contributed by atoms with Gasteiger partial charge in [0.2, 0.25) is 0 Å². The fourth-order valence-corrected chi connectivity index (χ4v) is 2.02. The van der Waals surface area contributed by atoms with Crippen LogP contribution >= 0.6 is 0 Å². The number of hydrogen-bond acceptors (Lipinski definition) is 4. The summed E-state index contributed by atoms with van der Waals surface area (Å²) in [7, 11) is 0. The molecule has 0 aliphatic heterocycles. The van der Waals surface area contributed by atoms with Crippen molar-refractivity contribution in [1.82, 2.24) is 14.8 Å². The third-order valence-electron chi connectivity index (χ3n) is 2.99. The van der Waals surface area contributed by atoms with Crippen molar-refractivity contribution in [2.75, 3.05) is 5.73 Å². The van der Waals surface area contributed by atoms with Crippen LogP contribution in [0.3, 0.4) is 0 Å². The molecule has 0 aliphatic rings. The molecule has 5 nitrogen and oxygen atoms in total. The summed E-state index contributed by atoms with van der Waals surface area (Å²) in [6.45, 7) is 0. The molecule has 2 aromatic heterocycles. The number of benzene rings is 1. The molecule has 0 bridgehead atoms. The monoisotopic (exact) mass is 261 g/mol. The van der Waals surface area contributed by atoms with Crippen molar-refractivity contribution in [3.63, 3.8) is 0 Å². The van der Waals surface area contributed by atoms with Gasteiger partial charge in [-0.1, -0.05) is 18.2 Å². The van der Waals surface area contributed by atoms with Gasteiger partial charge in [-0.3, -0.25) is 4.98 Å². The Hall–Kier alpha value is -3.13. The van der Waals surface area contributed by atoms with Crippen LogP contribution in [-0.2, 0) is 0 Å². The van der Waals surface area contributed by atoms with Crippen LogP contribution in [0.15, 0.2) is 54.9 Å². The van der Waals surface area contributed by atoms with Crippen molar-refractivity contribution in [1.29, 1.82) is 5.26 Å². The van der Waals surface area contributed by atoms with E-state index in [0.29, 0.717) is 17.1 Å². The maximum absolute atomic E-state index is 9.32. The first-order valence-corrected chi connectivity index (χ1v) is 6.05. The minimum absolute atomic E-state index is 0.338. The van der Waals surface area contributed by atoms with Gasteiger partial charge in [0.05, 0.1) is 5.69 Å². The highest BCUT2D eigenvalue weighted by Gasteiger charge is 2.17. The molecule has 2 heterocycles. The number of para-hydroxylation sites is 1. The molecular weight excluding hydrogens is 250 g/mol. The Kier molecular flexibility index (Phi) is 2.90. The quantitative estimate of drug-likeness (QED) is 0.768. The molecule has 3 aromatic rings. The van der Waals surface area contributed by atoms with Crippen molar-refractivity contribution >= 4 is 5.82 Å². The Balaban J connectivity index is 2.22. The summed E-state index contributed by atoms with van der Waals surface area (Å²) in [5, 5.41) is 13.8. The average molecular weight is 261 g/mol. The molecule has 0 spiro atoms. The minimum atomic E-state index is 0.338. The zero-order chi connectivity index (χ0) is 13.9. The molecular formula is C15H11N5. The highest BCUT2D eigenvalue weighted by molar-refractivity contribution is 5.73. The number of aromatic nitrogens is 3. The van der Waals surface area contributed by atoms with Crippen LogP contribution in [0.25, 0.3) is 16.9 Å². The predicted octanol–water partition coefficient (Wildman–Crippen LogP) is 2.39. The second-order valence-electron chi connectivity index (χ2n) is 4.20. The molecule has 5 heteroatoms. The number of nitriles is 1. The average Bonchev–Trinajstić information content (AvgIpc) is 2.86. The van der Waals surface area contributed by atoms with E-state index in [1.54, 1.807) is 29.2 Å². The Bertz CT molecular complexity index is 769. The lowest BCUT2D eigenvalue weighted by molar-refractivity contribution is 0.895. The van der Waals surface area contributed by atoms with Crippen LogP contribution in [0.2, 0.25) is 0 Å². The summed E-state index contributed by atoms with van der Waals surface area (Å²) in [5.41, 5.74) is 8.63. The Morgan fingerprint density at radius 2 is 1.75 bits per heavy atom. The molecule has 0 atom stereocenters. The van der Waals surface area contributed by atoms with Gasteiger partial charge in [-0.2, -0.15) is 10.4 Å². The van der Waals surface area contributed by atoms with Crippen molar-refractivity contribution in [3.8, 4) is 23.0 Å². The smallest absolute Gasteiger partial charge is 0.145 e. The maximum Gasteiger partial charge on any atom is 0.145 e. The van der Waals surface area contributed by atoms with E-state index >= 15 is 0 Å². The number of nitrogens with zero attached hydrogens (tertiary/aromatic N) is 4. The molecule has 2 N–H and O–H groups in total. The van der Waals surface area contributed by atoms with Gasteiger partial charge in [0, 0.05) is 18.0 Å². The lowest BCUT2D eigenvalue weighted by Gasteiger charge is -2.02. The number of rotatable bonds is 2. The fraction of sp³-hybridized carbons (Fsp3) is 0. The summed E-state index contributed by atoms with van der Waals surface area (Å²) in [5.74, 6) is 0.338. The van der Waals surface area contributed by atoms with E-state index in [9.17, 15) is 5.26 Å². The van der Waals surface area contributed by atoms with Gasteiger partial charge < -0.3 is 5.73 Å². The predicted molar refractivity (Wildman–Crippen MR) is 75.9 cm³/mol. The molecule has 20 heavy (non-hydrogen) atoms. The second-order valence-corrected chi connectivity index (χ2v) is 4.20. The van der Waals surface area contributed by atoms with Gasteiger partial charge in [0.1, 0.15) is 23.1 Å². The standard InChI is InChI=1S/C15H11N5/c16-10-13-14(11-6-8-18-9-7-11)19-20(15(13)17)12-4-2-1-3-5-12/h1-9H,17H2. The van der Waals surface area contributed by atoms with Crippen LogP contribution in [0.5, 0.6) is 0 Å². The lowest BCUT2D eigenvalue weighted by atomic mass is 10.1. The molecule has 0 amide bonds. The summed E-state index contributed by atoms with van der Waals surface area (Å²) in [6, 6.07) is 15.2. The summed E-state index contributed by atoms with van der Waals surface area (Å²) in [4.78, 5) is 3.97. The highest BCUT2D eigenvalue weighted by atomic mass is 15.3. The molecule has 1 aromatic carbocycles. The van der Waals surface area contributed by atoms with E-state index in [0.717, 1.165) is 11.3 Å². The fourth-order valence-electron chi connectivity index (χ4n) is 2.02. The second kappa shape index (κ2) is 4.86. The number of hydrogen-bond donors (Lipinski definition) is 1. The largest absolute Gasteiger partial charge is 0.382 e. The maximum atomic E-state index is 9.32. The van der Waals surface area contributed by atoms with E-state index in [2.05, 4.69) is 16.2 Å². The van der Waals surface area contributed by atoms with E-state index in [1.807, 2.05) is 30.3 Å². The van der Waals surface area contributed by atoms with Gasteiger partial charge >= 0.3 is 0 Å². The molecule has 0 radical (unpaired) electrons. The van der Waals surface area contributed by atoms with Gasteiger partial charge in [0.15, 0.2) is 0 Å². The Labute approximate surface area is 115 Å². The zero-order valence-corrected chi connectivity index (χ0v) is 10.6. The molecule has 96 valence electrons. The number of pyridine rings is 1. The SMILES string of the molecule is N#Cc1c(-c2ccncc2)nn(-c2ccccc2)c1N.